The number of rotatable bonds is 1. The van der Waals surface area contributed by atoms with Crippen LogP contribution in [0.5, 0.6) is 0 Å². The SMILES string of the molecule is Cc1ccc(F)c([C]=O)c1Cl. The van der Waals surface area contributed by atoms with Crippen molar-refractivity contribution in [3.63, 3.8) is 0 Å². The highest BCUT2D eigenvalue weighted by atomic mass is 35.5. The van der Waals surface area contributed by atoms with Crippen LogP contribution in [0.25, 0.3) is 0 Å². The van der Waals surface area contributed by atoms with Crippen molar-refractivity contribution in [1.29, 1.82) is 0 Å². The average Bonchev–Trinajstić information content (AvgIpc) is 1.99. The van der Waals surface area contributed by atoms with Gasteiger partial charge in [-0.1, -0.05) is 17.7 Å². The first-order valence-corrected chi connectivity index (χ1v) is 3.37. The fraction of sp³-hybridized carbons (Fsp3) is 0.125. The summed E-state index contributed by atoms with van der Waals surface area (Å²) < 4.78 is 12.7. The molecule has 1 rings (SSSR count). The van der Waals surface area contributed by atoms with E-state index in [-0.39, 0.29) is 10.6 Å². The molecule has 57 valence electrons. The summed E-state index contributed by atoms with van der Waals surface area (Å²) in [5.41, 5.74) is 0.484. The number of carbonyl (C=O) groups excluding carboxylic acids is 1. The van der Waals surface area contributed by atoms with Crippen LogP contribution >= 0.6 is 11.6 Å². The number of halogens is 2. The van der Waals surface area contributed by atoms with E-state index in [1.807, 2.05) is 0 Å². The van der Waals surface area contributed by atoms with Crippen molar-refractivity contribution in [2.75, 3.05) is 0 Å². The Labute approximate surface area is 68.8 Å². The molecule has 0 aliphatic carbocycles. The zero-order chi connectivity index (χ0) is 8.43. The highest BCUT2D eigenvalue weighted by Crippen LogP contribution is 2.21. The van der Waals surface area contributed by atoms with Crippen molar-refractivity contribution in [2.24, 2.45) is 0 Å². The first-order chi connectivity index (χ1) is 5.16. The third kappa shape index (κ3) is 1.40. The zero-order valence-corrected chi connectivity index (χ0v) is 6.57. The fourth-order valence-corrected chi connectivity index (χ4v) is 0.942. The summed E-state index contributed by atoms with van der Waals surface area (Å²) in [6, 6.07) is 2.71. The monoisotopic (exact) mass is 171 g/mol. The van der Waals surface area contributed by atoms with E-state index in [9.17, 15) is 9.18 Å². The Bertz CT molecular complexity index is 296. The van der Waals surface area contributed by atoms with Crippen molar-refractivity contribution < 1.29 is 9.18 Å². The Balaban J connectivity index is 3.40. The molecule has 0 spiro atoms. The minimum Gasteiger partial charge on any atom is -0.285 e. The highest BCUT2D eigenvalue weighted by molar-refractivity contribution is 6.33. The normalized spacial score (nSPS) is 9.73. The van der Waals surface area contributed by atoms with Crippen molar-refractivity contribution in [1.82, 2.24) is 0 Å². The van der Waals surface area contributed by atoms with E-state index in [0.717, 1.165) is 0 Å². The molecule has 1 nitrogen and oxygen atoms in total. The van der Waals surface area contributed by atoms with Crippen LogP contribution in [-0.2, 0) is 4.79 Å². The van der Waals surface area contributed by atoms with Gasteiger partial charge in [-0.15, -0.1) is 0 Å². The van der Waals surface area contributed by atoms with Crippen LogP contribution < -0.4 is 0 Å². The van der Waals surface area contributed by atoms with Crippen LogP contribution in [0.3, 0.4) is 0 Å². The predicted octanol–water partition coefficient (Wildman–Crippen LogP) is 2.25. The number of aryl methyl sites for hydroxylation is 1. The van der Waals surface area contributed by atoms with Crippen LogP contribution in [0.2, 0.25) is 5.02 Å². The summed E-state index contributed by atoms with van der Waals surface area (Å²) in [6.45, 7) is 1.70. The second kappa shape index (κ2) is 3.01. The van der Waals surface area contributed by atoms with Gasteiger partial charge in [0.15, 0.2) is 0 Å². The summed E-state index contributed by atoms with van der Waals surface area (Å²) >= 11 is 5.60. The molecule has 0 saturated carbocycles. The molecule has 0 saturated heterocycles. The maximum absolute atomic E-state index is 12.7. The van der Waals surface area contributed by atoms with Gasteiger partial charge in [-0.05, 0) is 18.6 Å². The summed E-state index contributed by atoms with van der Waals surface area (Å²) in [5, 5.41) is 0.139. The van der Waals surface area contributed by atoms with Gasteiger partial charge in [0, 0.05) is 0 Å². The summed E-state index contributed by atoms with van der Waals surface area (Å²) in [5.74, 6) is -0.629. The fourth-order valence-electron chi connectivity index (χ4n) is 0.750. The van der Waals surface area contributed by atoms with Crippen LogP contribution in [0.4, 0.5) is 4.39 Å². The molecule has 0 unspecified atom stereocenters. The molecule has 0 aromatic heterocycles. The Morgan fingerprint density at radius 1 is 1.55 bits per heavy atom. The molecule has 0 heterocycles. The van der Waals surface area contributed by atoms with E-state index in [1.165, 1.54) is 18.4 Å². The van der Waals surface area contributed by atoms with Gasteiger partial charge >= 0.3 is 0 Å². The smallest absolute Gasteiger partial charge is 0.238 e. The van der Waals surface area contributed by atoms with Crippen LogP contribution in [0.1, 0.15) is 11.1 Å². The lowest BCUT2D eigenvalue weighted by molar-refractivity contribution is 0.556. The topological polar surface area (TPSA) is 17.1 Å². The van der Waals surface area contributed by atoms with Gasteiger partial charge in [0.05, 0.1) is 10.6 Å². The largest absolute Gasteiger partial charge is 0.285 e. The lowest BCUT2D eigenvalue weighted by atomic mass is 10.1. The third-order valence-corrected chi connectivity index (χ3v) is 1.87. The Morgan fingerprint density at radius 2 is 2.18 bits per heavy atom. The summed E-state index contributed by atoms with van der Waals surface area (Å²) in [4.78, 5) is 10.2. The van der Waals surface area contributed by atoms with Gasteiger partial charge in [0.2, 0.25) is 6.29 Å². The zero-order valence-electron chi connectivity index (χ0n) is 5.82. The van der Waals surface area contributed by atoms with E-state index >= 15 is 0 Å². The van der Waals surface area contributed by atoms with E-state index in [0.29, 0.717) is 5.56 Å². The number of hydrogen-bond acceptors (Lipinski definition) is 1. The number of hydrogen-bond donors (Lipinski definition) is 0. The molecular weight excluding hydrogens is 167 g/mol. The lowest BCUT2D eigenvalue weighted by Gasteiger charge is -1.99. The lowest BCUT2D eigenvalue weighted by Crippen LogP contribution is -1.91. The molecule has 0 amide bonds. The quantitative estimate of drug-likeness (QED) is 0.634. The Morgan fingerprint density at radius 3 is 2.64 bits per heavy atom. The molecule has 0 aliphatic rings. The maximum Gasteiger partial charge on any atom is 0.238 e. The van der Waals surface area contributed by atoms with E-state index in [2.05, 4.69) is 0 Å². The van der Waals surface area contributed by atoms with E-state index in [1.54, 1.807) is 6.92 Å². The van der Waals surface area contributed by atoms with E-state index < -0.39 is 5.82 Å². The van der Waals surface area contributed by atoms with Crippen molar-refractivity contribution in [3.8, 4) is 0 Å². The molecule has 11 heavy (non-hydrogen) atoms. The summed E-state index contributed by atoms with van der Waals surface area (Å²) in [7, 11) is 0. The average molecular weight is 172 g/mol. The first kappa shape index (κ1) is 8.21. The van der Waals surface area contributed by atoms with Gasteiger partial charge in [0.1, 0.15) is 5.82 Å². The minimum atomic E-state index is -0.629. The molecule has 0 N–H and O–H groups in total. The van der Waals surface area contributed by atoms with E-state index in [4.69, 9.17) is 11.6 Å². The molecule has 3 heteroatoms. The Hall–Kier alpha value is -0.890. The van der Waals surface area contributed by atoms with Gasteiger partial charge in [-0.3, -0.25) is 4.79 Å². The third-order valence-electron chi connectivity index (χ3n) is 1.39. The van der Waals surface area contributed by atoms with Crippen LogP contribution in [-0.4, -0.2) is 6.29 Å². The van der Waals surface area contributed by atoms with Crippen LogP contribution in [0, 0.1) is 12.7 Å². The predicted molar refractivity (Wildman–Crippen MR) is 40.9 cm³/mol. The second-order valence-corrected chi connectivity index (χ2v) is 2.53. The van der Waals surface area contributed by atoms with Crippen molar-refractivity contribution in [3.05, 3.63) is 34.1 Å². The second-order valence-electron chi connectivity index (χ2n) is 2.16. The molecule has 0 aliphatic heterocycles. The summed E-state index contributed by atoms with van der Waals surface area (Å²) in [6.07, 6.45) is 1.45. The molecule has 1 aromatic carbocycles. The molecular formula is C8H5ClFO. The first-order valence-electron chi connectivity index (χ1n) is 2.99. The molecule has 0 atom stereocenters. The minimum absolute atomic E-state index is 0.139. The van der Waals surface area contributed by atoms with Crippen LogP contribution in [0.15, 0.2) is 12.1 Å². The molecule has 1 radical (unpaired) electrons. The van der Waals surface area contributed by atoms with Crippen molar-refractivity contribution in [2.45, 2.75) is 6.92 Å². The van der Waals surface area contributed by atoms with Gasteiger partial charge in [0.25, 0.3) is 0 Å². The van der Waals surface area contributed by atoms with Crippen molar-refractivity contribution >= 4 is 17.9 Å². The molecule has 0 bridgehead atoms. The highest BCUT2D eigenvalue weighted by Gasteiger charge is 2.08. The molecule has 0 fully saturated rings. The molecule has 1 aromatic rings. The number of benzene rings is 1. The van der Waals surface area contributed by atoms with Gasteiger partial charge in [-0.2, -0.15) is 0 Å². The maximum atomic E-state index is 12.7. The standard InChI is InChI=1S/C8H5ClFO/c1-5-2-3-7(10)6(4-11)8(5)9/h2-3H,1H3. The Kier molecular flexibility index (Phi) is 2.25. The van der Waals surface area contributed by atoms with Gasteiger partial charge in [-0.25, -0.2) is 4.39 Å². The van der Waals surface area contributed by atoms with Gasteiger partial charge < -0.3 is 0 Å².